The molecular weight excluding hydrogens is 583 g/mol. The van der Waals surface area contributed by atoms with Crippen molar-refractivity contribution in [3.63, 3.8) is 0 Å². The number of hydrogen-bond donors (Lipinski definition) is 0. The zero-order valence-corrected chi connectivity index (χ0v) is 24.9. The first-order valence-electron chi connectivity index (χ1n) is 12.6. The van der Waals surface area contributed by atoms with Crippen LogP contribution in [0.1, 0.15) is 18.1 Å². The summed E-state index contributed by atoms with van der Waals surface area (Å²) in [6.07, 6.45) is 0.789. The molecule has 0 spiro atoms. The highest BCUT2D eigenvalue weighted by atomic mass is 79.9. The van der Waals surface area contributed by atoms with Gasteiger partial charge in [-0.3, -0.25) is 0 Å². The molecule has 0 aliphatic rings. The second-order valence-electron chi connectivity index (χ2n) is 9.13. The monoisotopic (exact) mass is 610 g/mol. The average Bonchev–Trinajstić information content (AvgIpc) is 2.99. The van der Waals surface area contributed by atoms with Gasteiger partial charge in [0.25, 0.3) is 0 Å². The van der Waals surface area contributed by atoms with Crippen LogP contribution in [0.25, 0.3) is 0 Å². The molecule has 0 amide bonds. The van der Waals surface area contributed by atoms with Crippen LogP contribution in [-0.2, 0) is 0 Å². The van der Waals surface area contributed by atoms with Gasteiger partial charge in [-0.2, -0.15) is 5.10 Å². The minimum absolute atomic E-state index is 0. The van der Waals surface area contributed by atoms with E-state index < -0.39 is 7.26 Å². The lowest BCUT2D eigenvalue weighted by atomic mass is 10.0. The molecular formula is C34H29BrClN2P. The zero-order chi connectivity index (χ0) is 26.2. The molecule has 0 radical (unpaired) electrons. The first kappa shape index (κ1) is 28.6. The molecule has 0 saturated heterocycles. The Labute approximate surface area is 247 Å². The highest BCUT2D eigenvalue weighted by Gasteiger charge is 2.45. The number of benzene rings is 5. The van der Waals surface area contributed by atoms with Crippen molar-refractivity contribution in [2.45, 2.75) is 6.92 Å². The van der Waals surface area contributed by atoms with Crippen LogP contribution < -0.4 is 32.9 Å². The number of nitrogens with zero attached hydrogens (tertiary/aromatic N) is 2. The van der Waals surface area contributed by atoms with Crippen molar-refractivity contribution in [3.8, 4) is 0 Å². The van der Waals surface area contributed by atoms with Crippen molar-refractivity contribution in [3.05, 3.63) is 162 Å². The second kappa shape index (κ2) is 13.6. The molecule has 194 valence electrons. The van der Waals surface area contributed by atoms with Crippen LogP contribution >= 0.6 is 18.9 Å². The Balaban J connectivity index is 0.00000353. The first-order chi connectivity index (χ1) is 18.7. The maximum absolute atomic E-state index is 6.17. The molecule has 5 rings (SSSR count). The highest BCUT2D eigenvalue weighted by molar-refractivity contribution is 7.96. The third kappa shape index (κ3) is 6.62. The summed E-state index contributed by atoms with van der Waals surface area (Å²) in [6, 6.07) is 50.5. The lowest BCUT2D eigenvalue weighted by molar-refractivity contribution is -0.00000739. The summed E-state index contributed by atoms with van der Waals surface area (Å²) in [5, 5.41) is 14.4. The largest absolute Gasteiger partial charge is 1.00 e. The Morgan fingerprint density at radius 1 is 0.538 bits per heavy atom. The molecule has 5 aromatic carbocycles. The fourth-order valence-electron chi connectivity index (χ4n) is 4.76. The standard InChI is InChI=1S/C34H29ClN2P.BrH/c1-27(36-37-34(28-14-6-2-7-15-28)29-22-24-30(35)25-23-29)26-38(31-16-8-3-9-17-31,32-18-10-4-11-19-32)33-20-12-5-13-21-33;/h2-25H,26H2,1H3;1H/q+1;/p-1/b36-27+,37-34+;. The van der Waals surface area contributed by atoms with E-state index in [2.05, 4.69) is 110 Å². The molecule has 0 saturated carbocycles. The van der Waals surface area contributed by atoms with Gasteiger partial charge < -0.3 is 17.0 Å². The predicted octanol–water partition coefficient (Wildman–Crippen LogP) is 4.55. The average molecular weight is 612 g/mol. The first-order valence-corrected chi connectivity index (χ1v) is 15.0. The number of hydrogen-bond acceptors (Lipinski definition) is 2. The summed E-state index contributed by atoms with van der Waals surface area (Å²) in [5.41, 5.74) is 3.80. The van der Waals surface area contributed by atoms with Crippen molar-refractivity contribution in [1.29, 1.82) is 0 Å². The normalized spacial score (nSPS) is 12.1. The van der Waals surface area contributed by atoms with Crippen LogP contribution in [0.4, 0.5) is 0 Å². The summed E-state index contributed by atoms with van der Waals surface area (Å²) in [5.74, 6) is 0. The van der Waals surface area contributed by atoms with Crippen LogP contribution in [0.15, 0.2) is 156 Å². The lowest BCUT2D eigenvalue weighted by Crippen LogP contribution is -3.00. The van der Waals surface area contributed by atoms with E-state index in [1.54, 1.807) is 0 Å². The Morgan fingerprint density at radius 2 is 0.923 bits per heavy atom. The van der Waals surface area contributed by atoms with Gasteiger partial charge in [0.15, 0.2) is 0 Å². The SMILES string of the molecule is C/C(C[P+](c1ccccc1)(c1ccccc1)c1ccccc1)=N\N=C(/c1ccccc1)c1ccc(Cl)cc1.[Br-]. The van der Waals surface area contributed by atoms with E-state index in [4.69, 9.17) is 21.8 Å². The Morgan fingerprint density at radius 3 is 1.36 bits per heavy atom. The van der Waals surface area contributed by atoms with Gasteiger partial charge in [0.2, 0.25) is 0 Å². The quantitative estimate of drug-likeness (QED) is 0.140. The Hall–Kier alpha value is -3.36. The maximum atomic E-state index is 6.17. The van der Waals surface area contributed by atoms with E-state index in [9.17, 15) is 0 Å². The maximum Gasteiger partial charge on any atom is 0.117 e. The zero-order valence-electron chi connectivity index (χ0n) is 21.7. The second-order valence-corrected chi connectivity index (χ2v) is 13.1. The predicted molar refractivity (Wildman–Crippen MR) is 167 cm³/mol. The molecule has 5 heteroatoms. The molecule has 0 aromatic heterocycles. The third-order valence-corrected chi connectivity index (χ3v) is 11.3. The molecule has 0 N–H and O–H groups in total. The van der Waals surface area contributed by atoms with E-state index in [1.165, 1.54) is 15.9 Å². The van der Waals surface area contributed by atoms with Crippen LogP contribution in [0.3, 0.4) is 0 Å². The summed E-state index contributed by atoms with van der Waals surface area (Å²) in [6.45, 7) is 2.09. The van der Waals surface area contributed by atoms with Gasteiger partial charge in [-0.25, -0.2) is 0 Å². The minimum atomic E-state index is -2.04. The van der Waals surface area contributed by atoms with Gasteiger partial charge in [-0.05, 0) is 55.5 Å². The molecule has 0 atom stereocenters. The van der Waals surface area contributed by atoms with Gasteiger partial charge in [-0.15, -0.1) is 5.10 Å². The molecule has 0 unspecified atom stereocenters. The van der Waals surface area contributed by atoms with E-state index >= 15 is 0 Å². The van der Waals surface area contributed by atoms with Crippen LogP contribution in [-0.4, -0.2) is 17.6 Å². The molecule has 2 nitrogen and oxygen atoms in total. The third-order valence-electron chi connectivity index (χ3n) is 6.54. The lowest BCUT2D eigenvalue weighted by Gasteiger charge is -2.27. The molecule has 5 aromatic rings. The van der Waals surface area contributed by atoms with Gasteiger partial charge in [0.1, 0.15) is 35.0 Å². The summed E-state index contributed by atoms with van der Waals surface area (Å²) in [4.78, 5) is 0. The molecule has 0 bridgehead atoms. The van der Waals surface area contributed by atoms with Crippen LogP contribution in [0.2, 0.25) is 5.02 Å². The van der Waals surface area contributed by atoms with Crippen LogP contribution in [0.5, 0.6) is 0 Å². The Bertz CT molecular complexity index is 1430. The fourth-order valence-corrected chi connectivity index (χ4v) is 9.13. The summed E-state index contributed by atoms with van der Waals surface area (Å²) >= 11 is 6.17. The molecule has 0 aliphatic carbocycles. The van der Waals surface area contributed by atoms with Gasteiger partial charge >= 0.3 is 0 Å². The van der Waals surface area contributed by atoms with Gasteiger partial charge in [0.05, 0.1) is 5.71 Å². The molecule has 0 aliphatic heterocycles. The molecule has 0 fully saturated rings. The van der Waals surface area contributed by atoms with Crippen molar-refractivity contribution >= 4 is 46.2 Å². The topological polar surface area (TPSA) is 24.7 Å². The van der Waals surface area contributed by atoms with Crippen LogP contribution in [0, 0.1) is 0 Å². The smallest absolute Gasteiger partial charge is 0.117 e. The molecule has 0 heterocycles. The highest BCUT2D eigenvalue weighted by Crippen LogP contribution is 2.55. The van der Waals surface area contributed by atoms with E-state index in [1.807, 2.05) is 42.5 Å². The fraction of sp³-hybridized carbons (Fsp3) is 0.0588. The summed E-state index contributed by atoms with van der Waals surface area (Å²) < 4.78 is 0. The van der Waals surface area contributed by atoms with Crippen molar-refractivity contribution < 1.29 is 17.0 Å². The van der Waals surface area contributed by atoms with Gasteiger partial charge in [0, 0.05) is 16.1 Å². The molecule has 39 heavy (non-hydrogen) atoms. The van der Waals surface area contributed by atoms with Crippen molar-refractivity contribution in [2.75, 3.05) is 6.16 Å². The van der Waals surface area contributed by atoms with Crippen molar-refractivity contribution in [2.24, 2.45) is 10.2 Å². The van der Waals surface area contributed by atoms with E-state index in [0.717, 1.165) is 28.7 Å². The minimum Gasteiger partial charge on any atom is -1.00 e. The van der Waals surface area contributed by atoms with Gasteiger partial charge in [-0.1, -0.05) is 109 Å². The Kier molecular flexibility index (Phi) is 10.0. The number of rotatable bonds is 8. The van der Waals surface area contributed by atoms with Crippen molar-refractivity contribution in [1.82, 2.24) is 0 Å². The number of halogens is 2. The van der Waals surface area contributed by atoms with E-state index in [0.29, 0.717) is 5.02 Å². The summed E-state index contributed by atoms with van der Waals surface area (Å²) in [7, 11) is -2.04. The van der Waals surface area contributed by atoms with E-state index in [-0.39, 0.29) is 17.0 Å².